The number of hydrazine groups is 1. The highest BCUT2D eigenvalue weighted by molar-refractivity contribution is 5.76. The molecule has 1 heterocycles. The molecule has 3 aromatic carbocycles. The van der Waals surface area contributed by atoms with Crippen LogP contribution in [-0.2, 0) is 6.42 Å². The van der Waals surface area contributed by atoms with E-state index in [1.54, 1.807) is 0 Å². The zero-order valence-corrected chi connectivity index (χ0v) is 16.6. The number of para-hydroxylation sites is 2. The quantitative estimate of drug-likeness (QED) is 0.463. The molecule has 0 aromatic heterocycles. The SMILES string of the molecule is CC1CCCCN1c1ccccc1N(N)c1ccc(Cc2ccccc2)cc1. The van der Waals surface area contributed by atoms with Gasteiger partial charge in [-0.05, 0) is 68.0 Å². The van der Waals surface area contributed by atoms with Crippen molar-refractivity contribution in [2.24, 2.45) is 5.84 Å². The van der Waals surface area contributed by atoms with Crippen molar-refractivity contribution >= 4 is 17.1 Å². The van der Waals surface area contributed by atoms with Crippen LogP contribution in [0.1, 0.15) is 37.3 Å². The van der Waals surface area contributed by atoms with Crippen molar-refractivity contribution in [3.63, 3.8) is 0 Å². The van der Waals surface area contributed by atoms with Crippen LogP contribution in [0.25, 0.3) is 0 Å². The lowest BCUT2D eigenvalue weighted by Crippen LogP contribution is -2.39. The highest BCUT2D eigenvalue weighted by atomic mass is 15.4. The Morgan fingerprint density at radius 2 is 1.54 bits per heavy atom. The van der Waals surface area contributed by atoms with Crippen molar-refractivity contribution in [3.05, 3.63) is 90.0 Å². The number of nitrogens with zero attached hydrogens (tertiary/aromatic N) is 2. The van der Waals surface area contributed by atoms with E-state index >= 15 is 0 Å². The van der Waals surface area contributed by atoms with Crippen molar-refractivity contribution in [1.29, 1.82) is 0 Å². The van der Waals surface area contributed by atoms with Crippen molar-refractivity contribution in [2.75, 3.05) is 16.5 Å². The van der Waals surface area contributed by atoms with Gasteiger partial charge < -0.3 is 4.90 Å². The summed E-state index contributed by atoms with van der Waals surface area (Å²) >= 11 is 0. The minimum absolute atomic E-state index is 0.552. The van der Waals surface area contributed by atoms with Gasteiger partial charge in [0.2, 0.25) is 0 Å². The molecule has 1 atom stereocenters. The van der Waals surface area contributed by atoms with Crippen LogP contribution in [0.5, 0.6) is 0 Å². The lowest BCUT2D eigenvalue weighted by Gasteiger charge is -2.37. The van der Waals surface area contributed by atoms with E-state index in [-0.39, 0.29) is 0 Å². The Morgan fingerprint density at radius 3 is 2.29 bits per heavy atom. The molecule has 3 nitrogen and oxygen atoms in total. The van der Waals surface area contributed by atoms with E-state index < -0.39 is 0 Å². The Kier molecular flexibility index (Phi) is 5.63. The first-order chi connectivity index (χ1) is 13.7. The maximum Gasteiger partial charge on any atom is 0.0808 e. The van der Waals surface area contributed by atoms with Gasteiger partial charge >= 0.3 is 0 Å². The molecule has 3 heteroatoms. The first kappa shape index (κ1) is 18.6. The molecule has 1 unspecified atom stereocenters. The van der Waals surface area contributed by atoms with Crippen LogP contribution < -0.4 is 15.8 Å². The molecule has 1 aliphatic heterocycles. The second-order valence-electron chi connectivity index (χ2n) is 7.73. The molecule has 0 spiro atoms. The van der Waals surface area contributed by atoms with Gasteiger partial charge in [0, 0.05) is 12.6 Å². The maximum absolute atomic E-state index is 6.58. The number of nitrogens with two attached hydrogens (primary N) is 1. The Hall–Kier alpha value is -2.78. The van der Waals surface area contributed by atoms with Gasteiger partial charge in [-0.1, -0.05) is 54.6 Å². The fraction of sp³-hybridized carbons (Fsp3) is 0.280. The van der Waals surface area contributed by atoms with Crippen molar-refractivity contribution in [2.45, 2.75) is 38.6 Å². The highest BCUT2D eigenvalue weighted by Gasteiger charge is 2.22. The van der Waals surface area contributed by atoms with Gasteiger partial charge in [-0.25, -0.2) is 5.84 Å². The molecular weight excluding hydrogens is 342 g/mol. The van der Waals surface area contributed by atoms with Gasteiger partial charge in [0.05, 0.1) is 17.1 Å². The van der Waals surface area contributed by atoms with E-state index in [2.05, 4.69) is 90.7 Å². The number of anilines is 3. The third-order valence-electron chi connectivity index (χ3n) is 5.72. The summed E-state index contributed by atoms with van der Waals surface area (Å²) < 4.78 is 0. The Balaban J connectivity index is 1.55. The van der Waals surface area contributed by atoms with Gasteiger partial charge in [0.25, 0.3) is 0 Å². The summed E-state index contributed by atoms with van der Waals surface area (Å²) in [4.78, 5) is 2.50. The summed E-state index contributed by atoms with van der Waals surface area (Å²) in [6.45, 7) is 3.41. The third kappa shape index (κ3) is 4.05. The summed E-state index contributed by atoms with van der Waals surface area (Å²) in [5.41, 5.74) is 5.91. The minimum atomic E-state index is 0.552. The van der Waals surface area contributed by atoms with E-state index in [4.69, 9.17) is 5.84 Å². The van der Waals surface area contributed by atoms with Gasteiger partial charge in [-0.15, -0.1) is 0 Å². The fourth-order valence-corrected chi connectivity index (χ4v) is 4.11. The zero-order valence-electron chi connectivity index (χ0n) is 16.6. The summed E-state index contributed by atoms with van der Waals surface area (Å²) in [6.07, 6.45) is 4.74. The summed E-state index contributed by atoms with van der Waals surface area (Å²) in [5, 5.41) is 1.82. The summed E-state index contributed by atoms with van der Waals surface area (Å²) in [6, 6.07) is 28.2. The standard InChI is InChI=1S/C25H29N3/c1-20-9-7-8-18-27(20)24-12-5-6-13-25(24)28(26)23-16-14-22(15-17-23)19-21-10-3-2-4-11-21/h2-6,10-17,20H,7-9,18-19,26H2,1H3. The van der Waals surface area contributed by atoms with E-state index in [1.807, 2.05) is 5.01 Å². The zero-order chi connectivity index (χ0) is 19.3. The molecule has 0 bridgehead atoms. The largest absolute Gasteiger partial charge is 0.367 e. The normalized spacial score (nSPS) is 16.8. The lowest BCUT2D eigenvalue weighted by molar-refractivity contribution is 0.485. The molecule has 0 radical (unpaired) electrons. The monoisotopic (exact) mass is 371 g/mol. The molecule has 2 N–H and O–H groups in total. The van der Waals surface area contributed by atoms with Crippen LogP contribution in [-0.4, -0.2) is 12.6 Å². The molecule has 144 valence electrons. The molecule has 1 fully saturated rings. The molecule has 1 saturated heterocycles. The third-order valence-corrected chi connectivity index (χ3v) is 5.72. The molecule has 3 aromatic rings. The molecule has 1 aliphatic rings. The smallest absolute Gasteiger partial charge is 0.0808 e. The highest BCUT2D eigenvalue weighted by Crippen LogP contribution is 2.35. The minimum Gasteiger partial charge on any atom is -0.367 e. The summed E-state index contributed by atoms with van der Waals surface area (Å²) in [5.74, 6) is 6.58. The van der Waals surface area contributed by atoms with E-state index in [0.717, 1.165) is 24.3 Å². The van der Waals surface area contributed by atoms with Crippen molar-refractivity contribution in [1.82, 2.24) is 0 Å². The molecule has 0 saturated carbocycles. The summed E-state index contributed by atoms with van der Waals surface area (Å²) in [7, 11) is 0. The first-order valence-electron chi connectivity index (χ1n) is 10.3. The van der Waals surface area contributed by atoms with Crippen molar-refractivity contribution in [3.8, 4) is 0 Å². The second-order valence-corrected chi connectivity index (χ2v) is 7.73. The predicted molar refractivity (Wildman–Crippen MR) is 119 cm³/mol. The number of hydrogen-bond donors (Lipinski definition) is 1. The van der Waals surface area contributed by atoms with Gasteiger partial charge in [0.1, 0.15) is 0 Å². The molecule has 28 heavy (non-hydrogen) atoms. The van der Waals surface area contributed by atoms with Gasteiger partial charge in [-0.3, -0.25) is 5.01 Å². The van der Waals surface area contributed by atoms with Crippen LogP contribution in [0.15, 0.2) is 78.9 Å². The topological polar surface area (TPSA) is 32.5 Å². The number of rotatable bonds is 5. The van der Waals surface area contributed by atoms with Crippen molar-refractivity contribution < 1.29 is 0 Å². The average Bonchev–Trinajstić information content (AvgIpc) is 2.75. The fourth-order valence-electron chi connectivity index (χ4n) is 4.11. The number of benzene rings is 3. The van der Waals surface area contributed by atoms with Crippen LogP contribution in [0.3, 0.4) is 0 Å². The van der Waals surface area contributed by atoms with Gasteiger partial charge in [-0.2, -0.15) is 0 Å². The van der Waals surface area contributed by atoms with Crippen LogP contribution in [0, 0.1) is 0 Å². The van der Waals surface area contributed by atoms with E-state index in [9.17, 15) is 0 Å². The predicted octanol–water partition coefficient (Wildman–Crippen LogP) is 5.67. The molecule has 4 rings (SSSR count). The van der Waals surface area contributed by atoms with Crippen LogP contribution >= 0.6 is 0 Å². The lowest BCUT2D eigenvalue weighted by atomic mass is 10.0. The van der Waals surface area contributed by atoms with Gasteiger partial charge in [0.15, 0.2) is 0 Å². The Bertz CT molecular complexity index is 889. The van der Waals surface area contributed by atoms with Crippen LogP contribution in [0.4, 0.5) is 17.1 Å². The van der Waals surface area contributed by atoms with E-state index in [0.29, 0.717) is 6.04 Å². The number of hydrogen-bond acceptors (Lipinski definition) is 3. The number of piperidine rings is 1. The van der Waals surface area contributed by atoms with Crippen LogP contribution in [0.2, 0.25) is 0 Å². The Labute approximate surface area is 168 Å². The Morgan fingerprint density at radius 1 is 0.857 bits per heavy atom. The maximum atomic E-state index is 6.58. The van der Waals surface area contributed by atoms with E-state index in [1.165, 1.54) is 36.1 Å². The molecule has 0 amide bonds. The molecule has 0 aliphatic carbocycles. The average molecular weight is 372 g/mol. The first-order valence-corrected chi connectivity index (χ1v) is 10.3. The molecular formula is C25H29N3. The second kappa shape index (κ2) is 8.49.